The van der Waals surface area contributed by atoms with E-state index < -0.39 is 30.7 Å². The standard InChI is InChI=1S/C32H63NO8/c1-4-5-6-7-12-17-22-39-23-18-13-10-8-9-11-15-20-26(2)31(37)33-21-16-14-19-24-40-32-29(36)28(35)30(38-3)27(25-34)41-32/h26-30,32,34-36H,4-25H2,1-3H3,(H,33,37)/t26-,27?,28-,29?,30-,32+/m1/s1. The molecule has 2 unspecified atom stereocenters. The molecule has 9 heteroatoms. The molecule has 1 amide bonds. The number of aliphatic hydroxyl groups excluding tert-OH is 3. The zero-order valence-corrected chi connectivity index (χ0v) is 26.4. The highest BCUT2D eigenvalue weighted by Gasteiger charge is 2.45. The first kappa shape index (κ1) is 38.2. The Bertz CT molecular complexity index is 608. The third kappa shape index (κ3) is 17.8. The second-order valence-corrected chi connectivity index (χ2v) is 11.7. The normalized spacial score (nSPS) is 23.5. The maximum absolute atomic E-state index is 12.4. The summed E-state index contributed by atoms with van der Waals surface area (Å²) in [6.07, 6.45) is 14.7. The topological polar surface area (TPSA) is 127 Å². The van der Waals surface area contributed by atoms with E-state index in [4.69, 9.17) is 18.9 Å². The Morgan fingerprint density at radius 2 is 1.37 bits per heavy atom. The minimum Gasteiger partial charge on any atom is -0.394 e. The van der Waals surface area contributed by atoms with Gasteiger partial charge in [0.15, 0.2) is 6.29 Å². The summed E-state index contributed by atoms with van der Waals surface area (Å²) in [5, 5.41) is 32.8. The van der Waals surface area contributed by atoms with Gasteiger partial charge in [-0.25, -0.2) is 0 Å². The van der Waals surface area contributed by atoms with Crippen molar-refractivity contribution in [3.8, 4) is 0 Å². The van der Waals surface area contributed by atoms with E-state index in [1.165, 1.54) is 84.2 Å². The van der Waals surface area contributed by atoms with Crippen LogP contribution in [0.4, 0.5) is 0 Å². The van der Waals surface area contributed by atoms with Crippen LogP contribution in [0.15, 0.2) is 0 Å². The van der Waals surface area contributed by atoms with Crippen molar-refractivity contribution in [1.29, 1.82) is 0 Å². The summed E-state index contributed by atoms with van der Waals surface area (Å²) in [5.74, 6) is 0.159. The van der Waals surface area contributed by atoms with Crippen molar-refractivity contribution >= 4 is 5.91 Å². The molecule has 0 bridgehead atoms. The average Bonchev–Trinajstić information content (AvgIpc) is 2.97. The quantitative estimate of drug-likeness (QED) is 0.0999. The number of ether oxygens (including phenoxy) is 4. The number of amides is 1. The molecule has 0 radical (unpaired) electrons. The van der Waals surface area contributed by atoms with E-state index in [9.17, 15) is 20.1 Å². The lowest BCUT2D eigenvalue weighted by molar-refractivity contribution is -0.304. The molecule has 1 rings (SSSR count). The highest BCUT2D eigenvalue weighted by Crippen LogP contribution is 2.24. The molecule has 4 N–H and O–H groups in total. The predicted octanol–water partition coefficient (Wildman–Crippen LogP) is 4.88. The number of aliphatic hydroxyl groups is 3. The Balaban J connectivity index is 1.91. The summed E-state index contributed by atoms with van der Waals surface area (Å²) in [4.78, 5) is 12.4. The van der Waals surface area contributed by atoms with Gasteiger partial charge in [-0.15, -0.1) is 0 Å². The minimum absolute atomic E-state index is 0.0360. The first-order chi connectivity index (χ1) is 20.0. The summed E-state index contributed by atoms with van der Waals surface area (Å²) in [6.45, 7) is 6.73. The van der Waals surface area contributed by atoms with Gasteiger partial charge in [0.2, 0.25) is 5.91 Å². The van der Waals surface area contributed by atoms with Gasteiger partial charge in [0.1, 0.15) is 24.4 Å². The van der Waals surface area contributed by atoms with Crippen molar-refractivity contribution in [2.24, 2.45) is 5.92 Å². The smallest absolute Gasteiger partial charge is 0.222 e. The summed E-state index contributed by atoms with van der Waals surface area (Å²) in [5.41, 5.74) is 0. The summed E-state index contributed by atoms with van der Waals surface area (Å²) >= 11 is 0. The molecule has 41 heavy (non-hydrogen) atoms. The molecule has 0 aromatic heterocycles. The maximum Gasteiger partial charge on any atom is 0.222 e. The molecule has 0 aromatic rings. The maximum atomic E-state index is 12.4. The van der Waals surface area contributed by atoms with Crippen LogP contribution in [0.2, 0.25) is 0 Å². The number of rotatable bonds is 27. The number of carbonyl (C=O) groups is 1. The Morgan fingerprint density at radius 3 is 1.98 bits per heavy atom. The molecule has 1 fully saturated rings. The monoisotopic (exact) mass is 589 g/mol. The van der Waals surface area contributed by atoms with Crippen LogP contribution in [-0.2, 0) is 23.7 Å². The molecule has 0 aliphatic carbocycles. The van der Waals surface area contributed by atoms with Crippen molar-refractivity contribution < 1.29 is 39.1 Å². The molecule has 244 valence electrons. The van der Waals surface area contributed by atoms with Gasteiger partial charge in [-0.1, -0.05) is 84.5 Å². The Kier molecular flexibility index (Phi) is 23.9. The summed E-state index contributed by atoms with van der Waals surface area (Å²) in [7, 11) is 1.39. The fraction of sp³-hybridized carbons (Fsp3) is 0.969. The number of unbranched alkanes of at least 4 members (excludes halogenated alkanes) is 13. The highest BCUT2D eigenvalue weighted by atomic mass is 16.7. The summed E-state index contributed by atoms with van der Waals surface area (Å²) in [6, 6.07) is 0. The number of carbonyl (C=O) groups excluding carboxylic acids is 1. The molecule has 1 aliphatic rings. The van der Waals surface area contributed by atoms with Crippen molar-refractivity contribution in [3.05, 3.63) is 0 Å². The van der Waals surface area contributed by atoms with E-state index >= 15 is 0 Å². The van der Waals surface area contributed by atoms with Gasteiger partial charge in [-0.3, -0.25) is 4.79 Å². The first-order valence-electron chi connectivity index (χ1n) is 16.6. The Morgan fingerprint density at radius 1 is 0.805 bits per heavy atom. The van der Waals surface area contributed by atoms with Crippen LogP contribution in [0.1, 0.15) is 123 Å². The Hall–Kier alpha value is -0.810. The van der Waals surface area contributed by atoms with Crippen LogP contribution in [0.3, 0.4) is 0 Å². The summed E-state index contributed by atoms with van der Waals surface area (Å²) < 4.78 is 22.0. The molecule has 0 aromatic carbocycles. The van der Waals surface area contributed by atoms with Gasteiger partial charge >= 0.3 is 0 Å². The SMILES string of the molecule is CCCCCCCCOCCCCCCCCC[C@@H](C)C(=O)NCCCCCO[C@H]1OC(CO)[C@@H](OC)[C@H](O)C1O. The van der Waals surface area contributed by atoms with Crippen molar-refractivity contribution in [1.82, 2.24) is 5.32 Å². The van der Waals surface area contributed by atoms with Crippen LogP contribution in [0.25, 0.3) is 0 Å². The highest BCUT2D eigenvalue weighted by molar-refractivity contribution is 5.78. The van der Waals surface area contributed by atoms with Crippen LogP contribution in [0.5, 0.6) is 0 Å². The van der Waals surface area contributed by atoms with E-state index in [0.29, 0.717) is 13.2 Å². The number of hydrogen-bond acceptors (Lipinski definition) is 8. The third-order valence-electron chi connectivity index (χ3n) is 8.01. The van der Waals surface area contributed by atoms with E-state index in [2.05, 4.69) is 12.2 Å². The van der Waals surface area contributed by atoms with Gasteiger partial charge in [0, 0.05) is 39.4 Å². The minimum atomic E-state index is -1.24. The van der Waals surface area contributed by atoms with Gasteiger partial charge in [-0.2, -0.15) is 0 Å². The molecule has 6 atom stereocenters. The van der Waals surface area contributed by atoms with Crippen LogP contribution >= 0.6 is 0 Å². The van der Waals surface area contributed by atoms with Gasteiger partial charge in [0.25, 0.3) is 0 Å². The average molecular weight is 590 g/mol. The molecular weight excluding hydrogens is 526 g/mol. The molecule has 9 nitrogen and oxygen atoms in total. The lowest BCUT2D eigenvalue weighted by Crippen LogP contribution is -2.59. The molecule has 0 saturated carbocycles. The lowest BCUT2D eigenvalue weighted by Gasteiger charge is -2.41. The number of hydrogen-bond donors (Lipinski definition) is 4. The predicted molar refractivity (Wildman–Crippen MR) is 162 cm³/mol. The van der Waals surface area contributed by atoms with Gasteiger partial charge in [-0.05, 0) is 38.5 Å². The zero-order chi connectivity index (χ0) is 30.1. The number of nitrogens with one attached hydrogen (secondary N) is 1. The van der Waals surface area contributed by atoms with Gasteiger partial charge < -0.3 is 39.6 Å². The van der Waals surface area contributed by atoms with Gasteiger partial charge in [0.05, 0.1) is 6.61 Å². The second-order valence-electron chi connectivity index (χ2n) is 11.7. The second kappa shape index (κ2) is 25.7. The molecule has 1 saturated heterocycles. The van der Waals surface area contributed by atoms with Crippen LogP contribution < -0.4 is 5.32 Å². The van der Waals surface area contributed by atoms with Crippen LogP contribution in [0, 0.1) is 5.92 Å². The Labute approximate surface area is 250 Å². The molecular formula is C32H63NO8. The fourth-order valence-corrected chi connectivity index (χ4v) is 5.23. The van der Waals surface area contributed by atoms with Crippen molar-refractivity contribution in [2.45, 2.75) is 154 Å². The molecule has 1 aliphatic heterocycles. The molecule has 0 spiro atoms. The van der Waals surface area contributed by atoms with Crippen molar-refractivity contribution in [2.75, 3.05) is 40.1 Å². The first-order valence-corrected chi connectivity index (χ1v) is 16.6. The zero-order valence-electron chi connectivity index (χ0n) is 26.4. The fourth-order valence-electron chi connectivity index (χ4n) is 5.23. The van der Waals surface area contributed by atoms with E-state index in [1.807, 2.05) is 6.92 Å². The van der Waals surface area contributed by atoms with Crippen LogP contribution in [-0.4, -0.2) is 92.0 Å². The van der Waals surface area contributed by atoms with E-state index in [-0.39, 0.29) is 18.4 Å². The largest absolute Gasteiger partial charge is 0.394 e. The lowest BCUT2D eigenvalue weighted by atomic mass is 9.99. The van der Waals surface area contributed by atoms with Crippen molar-refractivity contribution in [3.63, 3.8) is 0 Å². The number of methoxy groups -OCH3 is 1. The third-order valence-corrected chi connectivity index (χ3v) is 8.01. The van der Waals surface area contributed by atoms with E-state index in [1.54, 1.807) is 0 Å². The molecule has 1 heterocycles. The van der Waals surface area contributed by atoms with E-state index in [0.717, 1.165) is 45.3 Å².